The van der Waals surface area contributed by atoms with E-state index in [1.807, 2.05) is 0 Å². The van der Waals surface area contributed by atoms with Crippen LogP contribution in [0.25, 0.3) is 0 Å². The highest BCUT2D eigenvalue weighted by Gasteiger charge is 2.14. The molecule has 0 aliphatic rings. The van der Waals surface area contributed by atoms with E-state index in [0.29, 0.717) is 4.47 Å². The van der Waals surface area contributed by atoms with Crippen LogP contribution in [0.5, 0.6) is 5.75 Å². The summed E-state index contributed by atoms with van der Waals surface area (Å²) in [6.07, 6.45) is 0. The van der Waals surface area contributed by atoms with Crippen molar-refractivity contribution in [1.29, 1.82) is 0 Å². The molecule has 0 fully saturated rings. The van der Waals surface area contributed by atoms with Crippen molar-refractivity contribution in [2.24, 2.45) is 0 Å². The van der Waals surface area contributed by atoms with Crippen LogP contribution in [-0.4, -0.2) is 7.11 Å². The maximum atomic E-state index is 12.8. The molecule has 0 unspecified atom stereocenters. The van der Waals surface area contributed by atoms with Crippen molar-refractivity contribution >= 4 is 34.0 Å². The Morgan fingerprint density at radius 3 is 2.46 bits per heavy atom. The molecule has 0 aliphatic heterocycles. The predicted molar refractivity (Wildman–Crippen MR) is 52.3 cm³/mol. The molecule has 2 N–H and O–H groups in total. The molecule has 0 saturated heterocycles. The van der Waals surface area contributed by atoms with Crippen LogP contribution in [0.2, 0.25) is 0 Å². The summed E-state index contributed by atoms with van der Waals surface area (Å²) < 4.78 is 30.4. The van der Waals surface area contributed by atoms with E-state index in [4.69, 9.17) is 10.5 Å². The Labute approximate surface area is 88.6 Å². The molecular weight excluding hydrogens is 267 g/mol. The number of benzene rings is 1. The van der Waals surface area contributed by atoms with Crippen LogP contribution >= 0.6 is 28.3 Å². The summed E-state index contributed by atoms with van der Waals surface area (Å²) in [5, 5.41) is 0. The van der Waals surface area contributed by atoms with Crippen molar-refractivity contribution < 1.29 is 13.5 Å². The first-order chi connectivity index (χ1) is 5.57. The fourth-order valence-corrected chi connectivity index (χ4v) is 1.38. The molecule has 0 bridgehead atoms. The van der Waals surface area contributed by atoms with Gasteiger partial charge in [0.1, 0.15) is 5.69 Å². The van der Waals surface area contributed by atoms with Gasteiger partial charge in [0, 0.05) is 0 Å². The second-order valence-electron chi connectivity index (χ2n) is 2.10. The van der Waals surface area contributed by atoms with Crippen LogP contribution in [0.15, 0.2) is 10.5 Å². The first-order valence-corrected chi connectivity index (χ1v) is 3.84. The van der Waals surface area contributed by atoms with Gasteiger partial charge in [0.05, 0.1) is 11.6 Å². The predicted octanol–water partition coefficient (Wildman–Crippen LogP) is 2.74. The van der Waals surface area contributed by atoms with Gasteiger partial charge in [-0.2, -0.15) is 0 Å². The Bertz CT molecular complexity index is 322. The standard InChI is InChI=1S/C7H6BrF2NO.ClH/c1-12-7-3(8)2-4(9)5(10)6(7)11;/h2H,11H2,1H3;1H. The Balaban J connectivity index is 0.00000144. The average molecular weight is 274 g/mol. The van der Waals surface area contributed by atoms with Gasteiger partial charge in [-0.05, 0) is 22.0 Å². The van der Waals surface area contributed by atoms with Gasteiger partial charge < -0.3 is 10.5 Å². The van der Waals surface area contributed by atoms with Crippen molar-refractivity contribution in [3.8, 4) is 5.75 Å². The molecule has 6 heteroatoms. The first kappa shape index (κ1) is 12.4. The second-order valence-corrected chi connectivity index (χ2v) is 2.96. The lowest BCUT2D eigenvalue weighted by Crippen LogP contribution is -1.99. The van der Waals surface area contributed by atoms with Crippen LogP contribution in [0.4, 0.5) is 14.5 Å². The quantitative estimate of drug-likeness (QED) is 0.631. The third kappa shape index (κ3) is 2.22. The van der Waals surface area contributed by atoms with Crippen LogP contribution in [0.3, 0.4) is 0 Å². The van der Waals surface area contributed by atoms with Gasteiger partial charge >= 0.3 is 0 Å². The van der Waals surface area contributed by atoms with Crippen molar-refractivity contribution in [3.63, 3.8) is 0 Å². The Morgan fingerprint density at radius 1 is 1.46 bits per heavy atom. The molecule has 74 valence electrons. The Kier molecular flexibility index (Phi) is 4.43. The largest absolute Gasteiger partial charge is 0.493 e. The number of rotatable bonds is 1. The molecule has 0 spiro atoms. The molecule has 13 heavy (non-hydrogen) atoms. The monoisotopic (exact) mass is 273 g/mol. The summed E-state index contributed by atoms with van der Waals surface area (Å²) in [6, 6.07) is 0.963. The molecule has 1 aromatic carbocycles. The van der Waals surface area contributed by atoms with Crippen LogP contribution in [0, 0.1) is 11.6 Å². The normalized spacial score (nSPS) is 9.23. The molecule has 1 aromatic rings. The molecule has 0 aliphatic carbocycles. The smallest absolute Gasteiger partial charge is 0.185 e. The second kappa shape index (κ2) is 4.62. The molecular formula is C7H7BrClF2NO. The minimum atomic E-state index is -1.09. The number of nitrogens with two attached hydrogens (primary N) is 1. The third-order valence-electron chi connectivity index (χ3n) is 1.37. The highest BCUT2D eigenvalue weighted by atomic mass is 79.9. The van der Waals surface area contributed by atoms with Crippen LogP contribution < -0.4 is 10.5 Å². The maximum Gasteiger partial charge on any atom is 0.185 e. The number of hydrogen-bond acceptors (Lipinski definition) is 2. The van der Waals surface area contributed by atoms with E-state index in [1.54, 1.807) is 0 Å². The Morgan fingerprint density at radius 2 is 2.00 bits per heavy atom. The average Bonchev–Trinajstić information content (AvgIpc) is 2.01. The minimum Gasteiger partial charge on any atom is -0.493 e. The molecule has 0 radical (unpaired) electrons. The highest BCUT2D eigenvalue weighted by molar-refractivity contribution is 9.10. The van der Waals surface area contributed by atoms with Gasteiger partial charge in [0.25, 0.3) is 0 Å². The molecule has 2 nitrogen and oxygen atoms in total. The number of hydrogen-bond donors (Lipinski definition) is 1. The maximum absolute atomic E-state index is 12.8. The van der Waals surface area contributed by atoms with Gasteiger partial charge in [-0.1, -0.05) is 0 Å². The van der Waals surface area contributed by atoms with Crippen molar-refractivity contribution in [1.82, 2.24) is 0 Å². The lowest BCUT2D eigenvalue weighted by molar-refractivity contribution is 0.407. The van der Waals surface area contributed by atoms with E-state index < -0.39 is 11.6 Å². The van der Waals surface area contributed by atoms with Gasteiger partial charge in [-0.25, -0.2) is 8.78 Å². The topological polar surface area (TPSA) is 35.2 Å². The highest BCUT2D eigenvalue weighted by Crippen LogP contribution is 2.34. The fraction of sp³-hybridized carbons (Fsp3) is 0.143. The van der Waals surface area contributed by atoms with Crippen LogP contribution in [-0.2, 0) is 0 Å². The zero-order valence-corrected chi connectivity index (χ0v) is 9.01. The van der Waals surface area contributed by atoms with Gasteiger partial charge in [0.15, 0.2) is 17.4 Å². The number of nitrogen functional groups attached to an aromatic ring is 1. The van der Waals surface area contributed by atoms with E-state index >= 15 is 0 Å². The molecule has 0 heterocycles. The van der Waals surface area contributed by atoms with E-state index in [0.717, 1.165) is 6.07 Å². The summed E-state index contributed by atoms with van der Waals surface area (Å²) in [7, 11) is 1.33. The summed E-state index contributed by atoms with van der Waals surface area (Å²) in [4.78, 5) is 0. The SMILES string of the molecule is COc1c(Br)cc(F)c(F)c1N.Cl. The van der Waals surface area contributed by atoms with Gasteiger partial charge in [-0.15, -0.1) is 12.4 Å². The lowest BCUT2D eigenvalue weighted by atomic mass is 10.3. The summed E-state index contributed by atoms with van der Waals surface area (Å²) >= 11 is 2.98. The third-order valence-corrected chi connectivity index (χ3v) is 1.95. The van der Waals surface area contributed by atoms with Crippen molar-refractivity contribution in [2.75, 3.05) is 12.8 Å². The van der Waals surface area contributed by atoms with Gasteiger partial charge in [0.2, 0.25) is 0 Å². The molecule has 0 saturated carbocycles. The van der Waals surface area contributed by atoms with Gasteiger partial charge in [-0.3, -0.25) is 0 Å². The lowest BCUT2D eigenvalue weighted by Gasteiger charge is -2.07. The summed E-state index contributed by atoms with van der Waals surface area (Å²) in [5.41, 5.74) is 4.90. The van der Waals surface area contributed by atoms with E-state index in [2.05, 4.69) is 15.9 Å². The molecule has 1 rings (SSSR count). The first-order valence-electron chi connectivity index (χ1n) is 3.05. The molecule has 0 amide bonds. The van der Waals surface area contributed by atoms with Crippen molar-refractivity contribution in [3.05, 3.63) is 22.2 Å². The van der Waals surface area contributed by atoms with E-state index in [1.165, 1.54) is 7.11 Å². The number of methoxy groups -OCH3 is 1. The van der Waals surface area contributed by atoms with Crippen LogP contribution in [0.1, 0.15) is 0 Å². The van der Waals surface area contributed by atoms with E-state index in [-0.39, 0.29) is 23.8 Å². The number of halogens is 4. The number of ether oxygens (including phenoxy) is 1. The summed E-state index contributed by atoms with van der Waals surface area (Å²) in [6.45, 7) is 0. The minimum absolute atomic E-state index is 0. The zero-order chi connectivity index (χ0) is 9.30. The zero-order valence-electron chi connectivity index (χ0n) is 6.61. The molecule has 0 aromatic heterocycles. The van der Waals surface area contributed by atoms with Crippen molar-refractivity contribution in [2.45, 2.75) is 0 Å². The van der Waals surface area contributed by atoms with E-state index in [9.17, 15) is 8.78 Å². The molecule has 0 atom stereocenters. The number of anilines is 1. The Hall–Kier alpha value is -0.550. The summed E-state index contributed by atoms with van der Waals surface area (Å²) in [5.74, 6) is -1.98. The fourth-order valence-electron chi connectivity index (χ4n) is 0.805.